The lowest BCUT2D eigenvalue weighted by molar-refractivity contribution is 0.274. The van der Waals surface area contributed by atoms with E-state index in [1.54, 1.807) is 18.3 Å². The molecule has 0 amide bonds. The van der Waals surface area contributed by atoms with Gasteiger partial charge in [0, 0.05) is 23.5 Å². The summed E-state index contributed by atoms with van der Waals surface area (Å²) in [5.41, 5.74) is 6.66. The molecule has 0 bridgehead atoms. The quantitative estimate of drug-likeness (QED) is 0.344. The lowest BCUT2D eigenvalue weighted by Crippen LogP contribution is -2.31. The summed E-state index contributed by atoms with van der Waals surface area (Å²) >= 11 is 5.95. The molecule has 3 N–H and O–H groups in total. The number of nitrogens with two attached hydrogens (primary N) is 1. The second-order valence-electron chi connectivity index (χ2n) is 8.69. The van der Waals surface area contributed by atoms with Crippen LogP contribution in [0.15, 0.2) is 64.7 Å². The first-order valence-corrected chi connectivity index (χ1v) is 12.9. The standard InChI is InChI=1S/C24H21ClFN5O5S/c1-35-22-18(30-37(33,34)20-4-3-16(26)9-17(20)25)8-15(10-29-22)14-2-5-21-28-11-19(23(32)31(21)12-14)36-13-24(27)6-7-24/h2-5,8-12,30H,6-7,13,27H2,1H3. The van der Waals surface area contributed by atoms with Crippen LogP contribution in [0.2, 0.25) is 5.02 Å². The van der Waals surface area contributed by atoms with Gasteiger partial charge in [0.05, 0.1) is 23.9 Å². The normalized spacial score (nSPS) is 14.4. The highest BCUT2D eigenvalue weighted by Crippen LogP contribution is 2.33. The zero-order valence-corrected chi connectivity index (χ0v) is 21.0. The first-order valence-electron chi connectivity index (χ1n) is 11.0. The molecule has 13 heteroatoms. The van der Waals surface area contributed by atoms with Crippen LogP contribution in [0.4, 0.5) is 10.1 Å². The van der Waals surface area contributed by atoms with E-state index in [4.69, 9.17) is 26.8 Å². The van der Waals surface area contributed by atoms with E-state index in [9.17, 15) is 17.6 Å². The summed E-state index contributed by atoms with van der Waals surface area (Å²) in [5, 5.41) is -0.280. The molecule has 1 aliphatic carbocycles. The molecule has 0 unspecified atom stereocenters. The Morgan fingerprint density at radius 2 is 1.95 bits per heavy atom. The van der Waals surface area contributed by atoms with Gasteiger partial charge in [0.2, 0.25) is 11.6 Å². The smallest absolute Gasteiger partial charge is 0.300 e. The average molecular weight is 546 g/mol. The minimum Gasteiger partial charge on any atom is -0.485 e. The van der Waals surface area contributed by atoms with E-state index < -0.39 is 26.9 Å². The second-order valence-corrected chi connectivity index (χ2v) is 10.7. The predicted molar refractivity (Wildman–Crippen MR) is 135 cm³/mol. The van der Waals surface area contributed by atoms with E-state index in [2.05, 4.69) is 14.7 Å². The number of halogens is 2. The molecular formula is C24H21ClFN5O5S. The van der Waals surface area contributed by atoms with E-state index in [0.717, 1.165) is 31.0 Å². The third-order valence-corrected chi connectivity index (χ3v) is 7.73. The molecule has 0 spiro atoms. The lowest BCUT2D eigenvalue weighted by Gasteiger charge is -2.14. The molecule has 4 aromatic rings. The number of nitrogens with one attached hydrogen (secondary N) is 1. The number of nitrogens with zero attached hydrogens (tertiary/aromatic N) is 3. The Bertz CT molecular complexity index is 1690. The number of sulfonamides is 1. The van der Waals surface area contributed by atoms with Crippen molar-refractivity contribution in [2.75, 3.05) is 18.4 Å². The molecule has 0 atom stereocenters. The molecule has 1 aromatic carbocycles. The van der Waals surface area contributed by atoms with Crippen LogP contribution in [-0.2, 0) is 10.0 Å². The Morgan fingerprint density at radius 1 is 1.16 bits per heavy atom. The van der Waals surface area contributed by atoms with Gasteiger partial charge in [-0.25, -0.2) is 22.8 Å². The van der Waals surface area contributed by atoms with Crippen LogP contribution >= 0.6 is 11.6 Å². The highest BCUT2D eigenvalue weighted by Gasteiger charge is 2.39. The van der Waals surface area contributed by atoms with Gasteiger partial charge in [-0.1, -0.05) is 11.6 Å². The Balaban J connectivity index is 1.50. The van der Waals surface area contributed by atoms with Crippen LogP contribution in [0, 0.1) is 5.82 Å². The summed E-state index contributed by atoms with van der Waals surface area (Å²) in [6, 6.07) is 7.79. The third-order valence-electron chi connectivity index (χ3n) is 5.88. The van der Waals surface area contributed by atoms with Crippen molar-refractivity contribution >= 4 is 33.0 Å². The Kier molecular flexibility index (Phi) is 6.26. The SMILES string of the molecule is COc1ncc(-c2ccc3ncc(OCC4(N)CC4)c(=O)n3c2)cc1NS(=O)(=O)c1ccc(F)cc1Cl. The van der Waals surface area contributed by atoms with Crippen molar-refractivity contribution in [1.82, 2.24) is 14.4 Å². The molecule has 3 aromatic heterocycles. The Labute approximate surface area is 215 Å². The summed E-state index contributed by atoms with van der Waals surface area (Å²) in [5.74, 6) is -0.602. The lowest BCUT2D eigenvalue weighted by atomic mass is 10.1. The van der Waals surface area contributed by atoms with Gasteiger partial charge in [-0.3, -0.25) is 13.9 Å². The molecule has 0 radical (unpaired) electrons. The fourth-order valence-electron chi connectivity index (χ4n) is 3.59. The molecule has 37 heavy (non-hydrogen) atoms. The molecule has 1 saturated carbocycles. The largest absolute Gasteiger partial charge is 0.485 e. The number of rotatable bonds is 8. The number of fused-ring (bicyclic) bond motifs is 1. The maximum absolute atomic E-state index is 13.4. The van der Waals surface area contributed by atoms with Gasteiger partial charge in [0.25, 0.3) is 15.6 Å². The maximum atomic E-state index is 13.4. The Morgan fingerprint density at radius 3 is 2.65 bits per heavy atom. The number of benzene rings is 1. The highest BCUT2D eigenvalue weighted by atomic mass is 35.5. The van der Waals surface area contributed by atoms with Gasteiger partial charge in [0.1, 0.15) is 28.7 Å². The van der Waals surface area contributed by atoms with Gasteiger partial charge in [0.15, 0.2) is 0 Å². The zero-order chi connectivity index (χ0) is 26.4. The summed E-state index contributed by atoms with van der Waals surface area (Å²) in [4.78, 5) is 21.1. The van der Waals surface area contributed by atoms with Crippen LogP contribution in [0.3, 0.4) is 0 Å². The van der Waals surface area contributed by atoms with Crippen molar-refractivity contribution in [1.29, 1.82) is 0 Å². The van der Waals surface area contributed by atoms with Crippen molar-refractivity contribution in [2.24, 2.45) is 5.73 Å². The number of ether oxygens (including phenoxy) is 2. The van der Waals surface area contributed by atoms with Crippen LogP contribution < -0.4 is 25.5 Å². The van der Waals surface area contributed by atoms with Crippen molar-refractivity contribution in [3.63, 3.8) is 0 Å². The van der Waals surface area contributed by atoms with Crippen molar-refractivity contribution in [2.45, 2.75) is 23.3 Å². The number of hydrogen-bond acceptors (Lipinski definition) is 8. The summed E-state index contributed by atoms with van der Waals surface area (Å²) < 4.78 is 53.9. The number of aromatic nitrogens is 3. The molecule has 5 rings (SSSR count). The zero-order valence-electron chi connectivity index (χ0n) is 19.4. The number of anilines is 1. The summed E-state index contributed by atoms with van der Waals surface area (Å²) in [6.45, 7) is 0.222. The fraction of sp³-hybridized carbons (Fsp3) is 0.208. The summed E-state index contributed by atoms with van der Waals surface area (Å²) in [6.07, 6.45) is 6.05. The minimum atomic E-state index is -4.21. The molecule has 1 fully saturated rings. The van der Waals surface area contributed by atoms with Crippen molar-refractivity contribution in [3.8, 4) is 22.8 Å². The predicted octanol–water partition coefficient (Wildman–Crippen LogP) is 3.23. The topological polar surface area (TPSA) is 138 Å². The maximum Gasteiger partial charge on any atom is 0.300 e. The van der Waals surface area contributed by atoms with Gasteiger partial charge in [-0.2, -0.15) is 0 Å². The van der Waals surface area contributed by atoms with Gasteiger partial charge < -0.3 is 15.2 Å². The number of hydrogen-bond donors (Lipinski definition) is 2. The fourth-order valence-corrected chi connectivity index (χ4v) is 5.17. The van der Waals surface area contributed by atoms with Gasteiger partial charge >= 0.3 is 0 Å². The second kappa shape index (κ2) is 9.29. The summed E-state index contributed by atoms with van der Waals surface area (Å²) in [7, 11) is -2.88. The van der Waals surface area contributed by atoms with Crippen LogP contribution in [0.1, 0.15) is 12.8 Å². The molecule has 0 aliphatic heterocycles. The van der Waals surface area contributed by atoms with Crippen LogP contribution in [0.5, 0.6) is 11.6 Å². The van der Waals surface area contributed by atoms with E-state index in [1.165, 1.54) is 30.0 Å². The Hall–Kier alpha value is -3.74. The number of pyridine rings is 2. The van der Waals surface area contributed by atoms with E-state index in [0.29, 0.717) is 16.8 Å². The van der Waals surface area contributed by atoms with Gasteiger partial charge in [-0.05, 0) is 49.2 Å². The molecular weight excluding hydrogens is 525 g/mol. The monoisotopic (exact) mass is 545 g/mol. The first kappa shape index (κ1) is 24.9. The number of methoxy groups -OCH3 is 1. The van der Waals surface area contributed by atoms with E-state index in [1.807, 2.05) is 0 Å². The molecule has 192 valence electrons. The molecule has 0 saturated heterocycles. The van der Waals surface area contributed by atoms with Crippen LogP contribution in [0.25, 0.3) is 16.8 Å². The van der Waals surface area contributed by atoms with Crippen molar-refractivity contribution in [3.05, 3.63) is 76.2 Å². The third kappa shape index (κ3) is 5.08. The molecule has 1 aliphatic rings. The molecule has 3 heterocycles. The van der Waals surface area contributed by atoms with E-state index >= 15 is 0 Å². The van der Waals surface area contributed by atoms with Crippen LogP contribution in [-0.4, -0.2) is 42.0 Å². The van der Waals surface area contributed by atoms with E-state index in [-0.39, 0.29) is 33.8 Å². The van der Waals surface area contributed by atoms with Crippen molar-refractivity contribution < 1.29 is 22.3 Å². The average Bonchev–Trinajstić information content (AvgIpc) is 3.60. The first-order chi connectivity index (χ1) is 17.6. The van der Waals surface area contributed by atoms with Gasteiger partial charge in [-0.15, -0.1) is 0 Å². The highest BCUT2D eigenvalue weighted by molar-refractivity contribution is 7.92. The minimum absolute atomic E-state index is 0.00309. The molecule has 10 nitrogen and oxygen atoms in total.